The highest BCUT2D eigenvalue weighted by atomic mass is 16.7. The number of piperidine rings is 1. The number of benzene rings is 2. The molecule has 4 heterocycles. The number of fused-ring (bicyclic) bond motifs is 1. The number of phenolic OH excluding ortho intramolecular Hbond substituents is 2. The third kappa shape index (κ3) is 7.62. The van der Waals surface area contributed by atoms with Gasteiger partial charge in [-0.2, -0.15) is 0 Å². The fourth-order valence-electron chi connectivity index (χ4n) is 8.46. The maximum Gasteiger partial charge on any atom is 0.312 e. The number of amides is 1. The molecule has 0 spiro atoms. The topological polar surface area (TPSA) is 213 Å². The smallest absolute Gasteiger partial charge is 0.312 e. The van der Waals surface area contributed by atoms with Crippen LogP contribution in [0.5, 0.6) is 17.2 Å². The average Bonchev–Trinajstić information content (AvgIpc) is 3.76. The number of nitrogens with one attached hydrogen (secondary N) is 2. The number of hydrogen-bond acceptors (Lipinski definition) is 13. The number of esters is 1. The second-order valence-electron chi connectivity index (χ2n) is 16.2. The lowest BCUT2D eigenvalue weighted by Gasteiger charge is -2.38. The summed E-state index contributed by atoms with van der Waals surface area (Å²) in [6, 6.07) is 0. The number of H-pyrrole nitrogens is 1. The standard InChI is InChI=1S/C43H56N4O11/c1-20-14-13-15-21(2)41(54)44-33-32-31(45-42(46-32)47-17-11-10-12-18-47)28-29(37(33)52)36(51)25(6)39-30(28)40(53)43(8,58-39)56-19-16-27(55-9)22(3)38(57-26(7)48)24(5)35(50)23(4)34(20)49/h13-16,19-20,22-24,27,34-35,38,49-52H,10-12,17-18H2,1-9H3,(H,44,54)(H,45,46)/b14-13+,19-16+,21-15-/t20-,22+,23+,24+,27-,34-,35+,38+,43-/m0/s1. The quantitative estimate of drug-likeness (QED) is 0.134. The predicted octanol–water partition coefficient (Wildman–Crippen LogP) is 5.92. The predicted molar refractivity (Wildman–Crippen MR) is 218 cm³/mol. The first-order chi connectivity index (χ1) is 27.4. The summed E-state index contributed by atoms with van der Waals surface area (Å²) >= 11 is 0. The van der Waals surface area contributed by atoms with E-state index in [0.29, 0.717) is 5.95 Å². The maximum atomic E-state index is 14.6. The van der Waals surface area contributed by atoms with E-state index in [-0.39, 0.29) is 55.7 Å². The molecule has 9 atom stereocenters. The van der Waals surface area contributed by atoms with E-state index in [2.05, 4.69) is 15.2 Å². The van der Waals surface area contributed by atoms with Gasteiger partial charge in [0.05, 0.1) is 41.0 Å². The van der Waals surface area contributed by atoms with E-state index in [1.165, 1.54) is 27.2 Å². The Bertz CT molecular complexity index is 2190. The number of aliphatic hydroxyl groups excluding tert-OH is 2. The largest absolute Gasteiger partial charge is 0.507 e. The van der Waals surface area contributed by atoms with Crippen LogP contribution in [0.15, 0.2) is 36.1 Å². The molecule has 1 fully saturated rings. The second-order valence-corrected chi connectivity index (χ2v) is 16.2. The molecule has 1 amide bonds. The van der Waals surface area contributed by atoms with Gasteiger partial charge in [-0.1, -0.05) is 45.9 Å². The molecule has 4 bridgehead atoms. The fourth-order valence-corrected chi connectivity index (χ4v) is 8.46. The molecule has 1 aromatic heterocycles. The van der Waals surface area contributed by atoms with Gasteiger partial charge in [-0.25, -0.2) is 4.98 Å². The first-order valence-electron chi connectivity index (χ1n) is 19.9. The number of ether oxygens (including phenoxy) is 4. The van der Waals surface area contributed by atoms with E-state index in [9.17, 15) is 34.8 Å². The van der Waals surface area contributed by atoms with Crippen LogP contribution in [-0.4, -0.2) is 98.5 Å². The molecular weight excluding hydrogens is 748 g/mol. The molecule has 6 rings (SSSR count). The monoisotopic (exact) mass is 804 g/mol. The summed E-state index contributed by atoms with van der Waals surface area (Å²) in [5.74, 6) is -6.39. The first-order valence-corrected chi connectivity index (χ1v) is 19.9. The molecule has 3 aliphatic rings. The van der Waals surface area contributed by atoms with Gasteiger partial charge in [0, 0.05) is 74.2 Å². The van der Waals surface area contributed by atoms with E-state index < -0.39 is 77.3 Å². The van der Waals surface area contributed by atoms with Crippen molar-refractivity contribution in [2.24, 2.45) is 23.7 Å². The highest BCUT2D eigenvalue weighted by Gasteiger charge is 2.50. The molecule has 58 heavy (non-hydrogen) atoms. The Morgan fingerprint density at radius 3 is 2.31 bits per heavy atom. The van der Waals surface area contributed by atoms with Gasteiger partial charge in [0.15, 0.2) is 5.75 Å². The van der Waals surface area contributed by atoms with Crippen molar-refractivity contribution in [2.75, 3.05) is 30.4 Å². The number of aromatic amines is 1. The van der Waals surface area contributed by atoms with Gasteiger partial charge in [-0.05, 0) is 39.2 Å². The van der Waals surface area contributed by atoms with Crippen LogP contribution in [0.4, 0.5) is 11.6 Å². The van der Waals surface area contributed by atoms with Gasteiger partial charge in [0.2, 0.25) is 5.95 Å². The van der Waals surface area contributed by atoms with Gasteiger partial charge in [0.25, 0.3) is 11.7 Å². The number of nitrogens with zero attached hydrogens (tertiary/aromatic N) is 2. The SMILES string of the molecule is CO[C@H]1/C=C/O[C@@]2(C)Oc3c(C)c(O)c4c(O)c(c5[nH]c(N6CCCCC6)nc5c4c3C2=O)NC(=O)/C(C)=C\C=C\[C@H](C)[C@H](O)[C@@H](C)[C@@H](O)[C@@H](C)[C@H](OC(C)=O)[C@@H]1C. The molecule has 6 N–H and O–H groups in total. The number of aliphatic hydroxyl groups is 2. The molecule has 15 heteroatoms. The molecule has 0 saturated carbocycles. The van der Waals surface area contributed by atoms with E-state index in [0.717, 1.165) is 32.4 Å². The van der Waals surface area contributed by atoms with Crippen LogP contribution in [0.25, 0.3) is 21.8 Å². The lowest BCUT2D eigenvalue weighted by molar-refractivity contribution is -0.160. The Balaban J connectivity index is 1.54. The minimum atomic E-state index is -1.95. The van der Waals surface area contributed by atoms with Crippen molar-refractivity contribution in [2.45, 2.75) is 105 Å². The number of methoxy groups -OCH3 is 1. The van der Waals surface area contributed by atoms with Crippen molar-refractivity contribution in [3.05, 3.63) is 47.3 Å². The van der Waals surface area contributed by atoms with Crippen molar-refractivity contribution in [1.82, 2.24) is 9.97 Å². The number of ketones is 1. The molecule has 0 unspecified atom stereocenters. The first kappa shape index (κ1) is 42.5. The third-order valence-electron chi connectivity index (χ3n) is 12.1. The van der Waals surface area contributed by atoms with Crippen molar-refractivity contribution in [3.8, 4) is 17.2 Å². The molecular formula is C43H56N4O11. The zero-order valence-corrected chi connectivity index (χ0v) is 34.6. The van der Waals surface area contributed by atoms with Crippen LogP contribution in [0.3, 0.4) is 0 Å². The Morgan fingerprint density at radius 2 is 1.66 bits per heavy atom. The minimum Gasteiger partial charge on any atom is -0.507 e. The van der Waals surface area contributed by atoms with E-state index in [1.54, 1.807) is 65.8 Å². The summed E-state index contributed by atoms with van der Waals surface area (Å²) in [5.41, 5.74) is 0.866. The minimum absolute atomic E-state index is 0.0339. The Morgan fingerprint density at radius 1 is 0.966 bits per heavy atom. The molecule has 3 aromatic rings. The normalized spacial score (nSPS) is 32.1. The summed E-state index contributed by atoms with van der Waals surface area (Å²) in [4.78, 5) is 51.0. The molecule has 15 nitrogen and oxygen atoms in total. The van der Waals surface area contributed by atoms with E-state index >= 15 is 0 Å². The number of carbonyl (C=O) groups excluding carboxylic acids is 3. The van der Waals surface area contributed by atoms with Crippen LogP contribution in [-0.2, 0) is 23.8 Å². The molecule has 2 aromatic carbocycles. The van der Waals surface area contributed by atoms with Crippen molar-refractivity contribution in [1.29, 1.82) is 0 Å². The zero-order valence-electron chi connectivity index (χ0n) is 34.6. The second kappa shape index (κ2) is 16.6. The van der Waals surface area contributed by atoms with E-state index in [1.807, 2.05) is 0 Å². The summed E-state index contributed by atoms with van der Waals surface area (Å²) in [6.45, 7) is 14.3. The molecule has 0 radical (unpaired) electrons. The van der Waals surface area contributed by atoms with Gasteiger partial charge in [0.1, 0.15) is 28.8 Å². The van der Waals surface area contributed by atoms with Crippen molar-refractivity contribution < 1.29 is 53.8 Å². The lowest BCUT2D eigenvalue weighted by Crippen LogP contribution is -2.46. The summed E-state index contributed by atoms with van der Waals surface area (Å²) < 4.78 is 23.9. The number of hydrogen-bond donors (Lipinski definition) is 6. The van der Waals surface area contributed by atoms with Crippen LogP contribution in [0.2, 0.25) is 0 Å². The van der Waals surface area contributed by atoms with Crippen LogP contribution < -0.4 is 15.0 Å². The summed E-state index contributed by atoms with van der Waals surface area (Å²) in [7, 11) is 1.46. The van der Waals surface area contributed by atoms with Crippen LogP contribution in [0, 0.1) is 30.6 Å². The number of rotatable bonds is 3. The number of Topliss-reactive ketones (excluding diaryl/α,β-unsaturated/α-hetero) is 1. The fraction of sp³-hybridized carbons (Fsp3) is 0.535. The van der Waals surface area contributed by atoms with Gasteiger partial charge in [-0.3, -0.25) is 14.4 Å². The number of imidazole rings is 1. The summed E-state index contributed by atoms with van der Waals surface area (Å²) in [6.07, 6.45) is 6.90. The van der Waals surface area contributed by atoms with Crippen LogP contribution >= 0.6 is 0 Å². The maximum absolute atomic E-state index is 14.6. The molecule has 314 valence electrons. The number of aromatic hydroxyl groups is 2. The number of carbonyl (C=O) groups is 3. The van der Waals surface area contributed by atoms with Gasteiger partial charge < -0.3 is 54.6 Å². The van der Waals surface area contributed by atoms with Crippen molar-refractivity contribution in [3.63, 3.8) is 0 Å². The molecule has 3 aliphatic heterocycles. The van der Waals surface area contributed by atoms with Gasteiger partial charge in [-0.15, -0.1) is 0 Å². The Labute approximate surface area is 337 Å². The number of anilines is 2. The average molecular weight is 805 g/mol. The van der Waals surface area contributed by atoms with Gasteiger partial charge >= 0.3 is 11.8 Å². The molecule has 1 saturated heterocycles. The lowest BCUT2D eigenvalue weighted by atomic mass is 9.78. The van der Waals surface area contributed by atoms with Crippen molar-refractivity contribution >= 4 is 51.1 Å². The number of aromatic nitrogens is 2. The zero-order chi connectivity index (χ0) is 42.4. The van der Waals surface area contributed by atoms with Crippen LogP contribution in [0.1, 0.15) is 83.7 Å². The Kier molecular flexibility index (Phi) is 12.2. The third-order valence-corrected chi connectivity index (χ3v) is 12.1. The summed E-state index contributed by atoms with van der Waals surface area (Å²) in [5, 5.41) is 49.4. The Hall–Kier alpha value is -5.12. The highest BCUT2D eigenvalue weighted by molar-refractivity contribution is 6.28. The highest BCUT2D eigenvalue weighted by Crippen LogP contribution is 2.54. The number of allylic oxidation sites excluding steroid dienone is 2. The van der Waals surface area contributed by atoms with E-state index in [4.69, 9.17) is 23.9 Å². The molecule has 0 aliphatic carbocycles. The number of phenols is 2.